The lowest BCUT2D eigenvalue weighted by molar-refractivity contribution is -0.136. The van der Waals surface area contributed by atoms with Gasteiger partial charge in [-0.15, -0.1) is 11.3 Å². The van der Waals surface area contributed by atoms with Crippen LogP contribution in [0.1, 0.15) is 33.6 Å². The summed E-state index contributed by atoms with van der Waals surface area (Å²) in [6.45, 7) is 2.34. The molecule has 0 saturated carbocycles. The van der Waals surface area contributed by atoms with Crippen molar-refractivity contribution in [2.75, 3.05) is 44.9 Å². The number of nitrogens with one attached hydrogen (secondary N) is 2. The molecule has 272 valence electrons. The summed E-state index contributed by atoms with van der Waals surface area (Å²) in [6.07, 6.45) is 0.179. The van der Waals surface area contributed by atoms with Crippen LogP contribution < -0.4 is 20.1 Å². The number of amides is 4. The van der Waals surface area contributed by atoms with Gasteiger partial charge in [-0.2, -0.15) is 0 Å². The second kappa shape index (κ2) is 16.2. The van der Waals surface area contributed by atoms with Gasteiger partial charge in [-0.1, -0.05) is 28.1 Å². The molecule has 1 atom stereocenters. The van der Waals surface area contributed by atoms with Crippen molar-refractivity contribution in [2.24, 2.45) is 0 Å². The SMILES string of the molecule is O=C1CCC(N2C(=O)c3ccc(NCCOCCOCCOc4ccc(Oc5c(-c6ccc(Br)cc6)sc6cc(O)ccc56)cc4)cc3C2=O)C(=O)N1. The van der Waals surface area contributed by atoms with E-state index in [-0.39, 0.29) is 29.7 Å². The summed E-state index contributed by atoms with van der Waals surface area (Å²) in [5.74, 6) is 0.119. The van der Waals surface area contributed by atoms with Gasteiger partial charge in [0.05, 0.1) is 42.4 Å². The Morgan fingerprint density at radius 3 is 2.30 bits per heavy atom. The number of carbonyl (C=O) groups excluding carboxylic acids is 4. The third kappa shape index (κ3) is 8.20. The zero-order chi connectivity index (χ0) is 36.9. The Balaban J connectivity index is 0.805. The monoisotopic (exact) mass is 799 g/mol. The number of ether oxygens (including phenoxy) is 4. The van der Waals surface area contributed by atoms with Crippen molar-refractivity contribution >= 4 is 66.7 Å². The van der Waals surface area contributed by atoms with Crippen LogP contribution in [0.25, 0.3) is 20.5 Å². The van der Waals surface area contributed by atoms with Crippen LogP contribution in [-0.2, 0) is 19.1 Å². The molecule has 7 rings (SSSR count). The molecule has 0 radical (unpaired) electrons. The molecular formula is C39H34BrN3O9S. The fraction of sp³-hybridized carbons (Fsp3) is 0.231. The lowest BCUT2D eigenvalue weighted by Crippen LogP contribution is -2.54. The number of imide groups is 2. The Kier molecular flexibility index (Phi) is 11.0. The van der Waals surface area contributed by atoms with Gasteiger partial charge in [-0.3, -0.25) is 29.4 Å². The van der Waals surface area contributed by atoms with E-state index < -0.39 is 29.7 Å². The van der Waals surface area contributed by atoms with Crippen molar-refractivity contribution in [1.82, 2.24) is 10.2 Å². The number of aromatic hydroxyl groups is 1. The van der Waals surface area contributed by atoms with Gasteiger partial charge in [0.2, 0.25) is 11.8 Å². The van der Waals surface area contributed by atoms with Crippen LogP contribution in [0.15, 0.2) is 89.4 Å². The number of nitrogens with zero attached hydrogens (tertiary/aromatic N) is 1. The molecule has 1 unspecified atom stereocenters. The van der Waals surface area contributed by atoms with E-state index in [1.54, 1.807) is 41.7 Å². The van der Waals surface area contributed by atoms with Gasteiger partial charge in [0.25, 0.3) is 11.8 Å². The molecule has 4 amide bonds. The fourth-order valence-corrected chi connectivity index (χ4v) is 7.50. The highest BCUT2D eigenvalue weighted by molar-refractivity contribution is 9.10. The highest BCUT2D eigenvalue weighted by atomic mass is 79.9. The molecule has 53 heavy (non-hydrogen) atoms. The second-order valence-corrected chi connectivity index (χ2v) is 14.2. The Morgan fingerprint density at radius 2 is 1.53 bits per heavy atom. The summed E-state index contributed by atoms with van der Waals surface area (Å²) in [5.41, 5.74) is 2.10. The summed E-state index contributed by atoms with van der Waals surface area (Å²) < 4.78 is 25.4. The molecule has 14 heteroatoms. The van der Waals surface area contributed by atoms with E-state index in [4.69, 9.17) is 18.9 Å². The van der Waals surface area contributed by atoms with E-state index in [0.717, 1.165) is 35.6 Å². The number of benzene rings is 4. The second-order valence-electron chi connectivity index (χ2n) is 12.2. The molecule has 0 bridgehead atoms. The summed E-state index contributed by atoms with van der Waals surface area (Å²) in [7, 11) is 0. The largest absolute Gasteiger partial charge is 0.508 e. The molecule has 4 aromatic carbocycles. The lowest BCUT2D eigenvalue weighted by Gasteiger charge is -2.27. The van der Waals surface area contributed by atoms with Crippen molar-refractivity contribution in [1.29, 1.82) is 0 Å². The number of halogens is 1. The predicted molar refractivity (Wildman–Crippen MR) is 202 cm³/mol. The highest BCUT2D eigenvalue weighted by Gasteiger charge is 2.44. The van der Waals surface area contributed by atoms with E-state index >= 15 is 0 Å². The first-order valence-corrected chi connectivity index (χ1v) is 18.5. The van der Waals surface area contributed by atoms with E-state index in [2.05, 4.69) is 26.6 Å². The molecule has 0 spiro atoms. The maximum Gasteiger partial charge on any atom is 0.262 e. The third-order valence-corrected chi connectivity index (χ3v) is 10.4. The van der Waals surface area contributed by atoms with E-state index in [0.29, 0.717) is 56.8 Å². The Labute approximate surface area is 316 Å². The quantitative estimate of drug-likeness (QED) is 0.0766. The Morgan fingerprint density at radius 1 is 0.811 bits per heavy atom. The van der Waals surface area contributed by atoms with E-state index in [1.807, 2.05) is 54.6 Å². The van der Waals surface area contributed by atoms with Gasteiger partial charge in [0.15, 0.2) is 5.75 Å². The van der Waals surface area contributed by atoms with Crippen molar-refractivity contribution in [3.8, 4) is 33.4 Å². The summed E-state index contributed by atoms with van der Waals surface area (Å²) in [6, 6.07) is 24.5. The third-order valence-electron chi connectivity index (χ3n) is 8.66. The maximum atomic E-state index is 13.0. The molecule has 2 aliphatic heterocycles. The molecule has 3 heterocycles. The number of piperidine rings is 1. The van der Waals surface area contributed by atoms with Gasteiger partial charge < -0.3 is 29.4 Å². The molecular weight excluding hydrogens is 766 g/mol. The lowest BCUT2D eigenvalue weighted by atomic mass is 10.0. The Hall–Kier alpha value is -5.28. The molecule has 2 aliphatic rings. The Bertz CT molecular complexity index is 2170. The molecule has 1 fully saturated rings. The fourth-order valence-electron chi connectivity index (χ4n) is 6.06. The van der Waals surface area contributed by atoms with Gasteiger partial charge in [-0.05, 0) is 84.8 Å². The summed E-state index contributed by atoms with van der Waals surface area (Å²) >= 11 is 5.05. The zero-order valence-corrected chi connectivity index (χ0v) is 30.7. The van der Waals surface area contributed by atoms with Gasteiger partial charge >= 0.3 is 0 Å². The molecule has 0 aliphatic carbocycles. The van der Waals surface area contributed by atoms with Crippen molar-refractivity contribution in [3.05, 3.63) is 101 Å². The van der Waals surface area contributed by atoms with Crippen LogP contribution in [0.5, 0.6) is 23.0 Å². The van der Waals surface area contributed by atoms with Crippen LogP contribution in [-0.4, -0.2) is 79.3 Å². The number of carbonyl (C=O) groups is 4. The first-order valence-electron chi connectivity index (χ1n) is 16.9. The van der Waals surface area contributed by atoms with Crippen molar-refractivity contribution < 1.29 is 43.2 Å². The zero-order valence-electron chi connectivity index (χ0n) is 28.3. The number of phenols is 1. The van der Waals surface area contributed by atoms with Crippen LogP contribution in [0.3, 0.4) is 0 Å². The minimum absolute atomic E-state index is 0.0696. The topological polar surface area (TPSA) is 153 Å². The number of hydrogen-bond acceptors (Lipinski definition) is 11. The number of phenolic OH excluding ortho intramolecular Hbond substituents is 1. The minimum Gasteiger partial charge on any atom is -0.508 e. The molecule has 12 nitrogen and oxygen atoms in total. The summed E-state index contributed by atoms with van der Waals surface area (Å²) in [5, 5.41) is 16.3. The van der Waals surface area contributed by atoms with Crippen molar-refractivity contribution in [3.63, 3.8) is 0 Å². The maximum absolute atomic E-state index is 13.0. The number of hydrogen-bond donors (Lipinski definition) is 3. The number of thiophene rings is 1. The molecule has 1 aromatic heterocycles. The molecule has 3 N–H and O–H groups in total. The normalized spacial score (nSPS) is 15.5. The first kappa shape index (κ1) is 36.1. The predicted octanol–water partition coefficient (Wildman–Crippen LogP) is 6.75. The van der Waals surface area contributed by atoms with Crippen LogP contribution in [0.4, 0.5) is 5.69 Å². The van der Waals surface area contributed by atoms with Gasteiger partial charge in [0, 0.05) is 33.2 Å². The van der Waals surface area contributed by atoms with E-state index in [1.165, 1.54) is 0 Å². The average Bonchev–Trinajstić information content (AvgIpc) is 3.62. The molecule has 1 saturated heterocycles. The number of fused-ring (bicyclic) bond motifs is 2. The smallest absolute Gasteiger partial charge is 0.262 e. The molecule has 5 aromatic rings. The average molecular weight is 801 g/mol. The number of anilines is 1. The van der Waals surface area contributed by atoms with Gasteiger partial charge in [-0.25, -0.2) is 0 Å². The van der Waals surface area contributed by atoms with Crippen molar-refractivity contribution in [2.45, 2.75) is 18.9 Å². The van der Waals surface area contributed by atoms with Gasteiger partial charge in [0.1, 0.15) is 29.9 Å². The van der Waals surface area contributed by atoms with E-state index in [9.17, 15) is 24.3 Å². The van der Waals surface area contributed by atoms with Crippen LogP contribution in [0.2, 0.25) is 0 Å². The first-order chi connectivity index (χ1) is 25.7. The highest BCUT2D eigenvalue weighted by Crippen LogP contribution is 2.47. The standard InChI is InChI=1S/C39H34BrN3O9S/c40-24-3-1-23(2-4-24)36-35(30-12-6-26(44)22-33(30)53-36)52-28-9-7-27(8-10-28)51-20-19-50-18-17-49-16-15-41-25-5-11-29-31(21-25)39(48)43(38(29)47)32-13-14-34(45)42-37(32)46/h1-12,21-22,32,41,44H,13-20H2,(H,42,45,46). The number of rotatable bonds is 15. The van der Waals surface area contributed by atoms with Crippen LogP contribution >= 0.6 is 27.3 Å². The summed E-state index contributed by atoms with van der Waals surface area (Å²) in [4.78, 5) is 51.5. The minimum atomic E-state index is -1.000. The van der Waals surface area contributed by atoms with Crippen LogP contribution in [0, 0.1) is 0 Å².